The number of carbonyl (C=O) groups is 1. The quantitative estimate of drug-likeness (QED) is 0.342. The molecule has 0 atom stereocenters. The van der Waals surface area contributed by atoms with E-state index in [-0.39, 0.29) is 5.78 Å². The van der Waals surface area contributed by atoms with Gasteiger partial charge in [0.1, 0.15) is 5.78 Å². The fraction of sp³-hybridized carbons (Fsp3) is 0.571. The second-order valence-electron chi connectivity index (χ2n) is 2.41. The highest BCUT2D eigenvalue weighted by atomic mass is 32.2. The molecule has 0 heterocycles. The first kappa shape index (κ1) is 11.2. The number of carbonyl (C=O) groups excluding carboxylic acids is 1. The normalized spacial score (nSPS) is 13.2. The van der Waals surface area contributed by atoms with E-state index >= 15 is 0 Å². The van der Waals surface area contributed by atoms with Gasteiger partial charge in [0.05, 0.1) is 5.71 Å². The molecular weight excluding hydrogens is 174 g/mol. The molecule has 0 fully saturated rings. The molecular formula is C7H14N3OS+. The minimum absolute atomic E-state index is 0.0979. The van der Waals surface area contributed by atoms with Crippen molar-refractivity contribution in [2.24, 2.45) is 10.8 Å². The second kappa shape index (κ2) is 5.77. The van der Waals surface area contributed by atoms with Gasteiger partial charge >= 0.3 is 5.17 Å². The van der Waals surface area contributed by atoms with E-state index in [2.05, 4.69) is 10.2 Å². The molecule has 0 unspecified atom stereocenters. The van der Waals surface area contributed by atoms with E-state index in [0.717, 1.165) is 5.71 Å². The number of ketones is 1. The first-order valence-electron chi connectivity index (χ1n) is 3.51. The molecule has 0 aliphatic rings. The molecule has 0 aromatic rings. The number of thioether (sulfide) groups is 1. The van der Waals surface area contributed by atoms with E-state index in [4.69, 9.17) is 5.73 Å². The Morgan fingerprint density at radius 1 is 1.58 bits per heavy atom. The molecule has 0 aliphatic heterocycles. The summed E-state index contributed by atoms with van der Waals surface area (Å²) in [6, 6.07) is 0. The third-order valence-corrected chi connectivity index (χ3v) is 1.61. The maximum Gasteiger partial charge on any atom is 0.326 e. The molecule has 12 heavy (non-hydrogen) atoms. The van der Waals surface area contributed by atoms with Gasteiger partial charge in [-0.1, -0.05) is 5.10 Å². The summed E-state index contributed by atoms with van der Waals surface area (Å²) in [6.07, 6.45) is 2.22. The molecule has 68 valence electrons. The predicted octanol–water partition coefficient (Wildman–Crippen LogP) is -0.900. The maximum atomic E-state index is 10.6. The molecule has 0 aliphatic carbocycles. The van der Waals surface area contributed by atoms with Gasteiger partial charge in [-0.3, -0.25) is 10.5 Å². The summed E-state index contributed by atoms with van der Waals surface area (Å²) in [5, 5.41) is 7.05. The third kappa shape index (κ3) is 5.91. The van der Waals surface area contributed by atoms with Crippen molar-refractivity contribution in [1.29, 1.82) is 0 Å². The molecule has 0 spiro atoms. The summed E-state index contributed by atoms with van der Waals surface area (Å²) in [4.78, 5) is 10.6. The smallest absolute Gasteiger partial charge is 0.300 e. The Morgan fingerprint density at radius 2 is 2.17 bits per heavy atom. The average Bonchev–Trinajstić information content (AvgIpc) is 1.99. The van der Waals surface area contributed by atoms with Crippen molar-refractivity contribution in [2.75, 3.05) is 6.26 Å². The van der Waals surface area contributed by atoms with E-state index in [1.807, 2.05) is 6.26 Å². The molecule has 0 radical (unpaired) electrons. The highest BCUT2D eigenvalue weighted by Gasteiger charge is 1.97. The van der Waals surface area contributed by atoms with Crippen LogP contribution in [0.15, 0.2) is 5.10 Å². The molecule has 4 nitrogen and oxygen atoms in total. The van der Waals surface area contributed by atoms with E-state index in [9.17, 15) is 4.79 Å². The fourth-order valence-corrected chi connectivity index (χ4v) is 0.733. The van der Waals surface area contributed by atoms with Gasteiger partial charge in [-0.05, 0) is 31.9 Å². The van der Waals surface area contributed by atoms with E-state index in [0.29, 0.717) is 11.6 Å². The van der Waals surface area contributed by atoms with Crippen LogP contribution in [0.5, 0.6) is 0 Å². The Balaban J connectivity index is 4.08. The number of nitrogens with two attached hydrogens (primary N) is 1. The van der Waals surface area contributed by atoms with Crippen LogP contribution in [0.1, 0.15) is 20.3 Å². The van der Waals surface area contributed by atoms with Gasteiger partial charge in [0.15, 0.2) is 0 Å². The van der Waals surface area contributed by atoms with Crippen LogP contribution >= 0.6 is 11.8 Å². The van der Waals surface area contributed by atoms with E-state index in [1.165, 1.54) is 18.7 Å². The topological polar surface area (TPSA) is 69.4 Å². The molecule has 0 aromatic carbocycles. The highest BCUT2D eigenvalue weighted by Crippen LogP contribution is 1.84. The van der Waals surface area contributed by atoms with Gasteiger partial charge in [0, 0.05) is 6.42 Å². The number of Topliss-reactive ketones (excluding diaryl/α,β-unsaturated/α-hetero) is 1. The SMILES string of the molecule is CSC(N)=[NH+]N=C(C)CC(C)=O. The molecule has 0 amide bonds. The van der Waals surface area contributed by atoms with Crippen molar-refractivity contribution in [3.05, 3.63) is 0 Å². The summed E-state index contributed by atoms with van der Waals surface area (Å²) in [5.41, 5.74) is 6.16. The number of rotatable bonds is 3. The zero-order chi connectivity index (χ0) is 9.56. The van der Waals surface area contributed by atoms with Gasteiger partial charge in [-0.15, -0.1) is 5.10 Å². The van der Waals surface area contributed by atoms with Gasteiger partial charge in [-0.2, -0.15) is 0 Å². The van der Waals surface area contributed by atoms with Crippen LogP contribution in [-0.4, -0.2) is 22.9 Å². The summed E-state index contributed by atoms with van der Waals surface area (Å²) < 4.78 is 0. The molecule has 5 heteroatoms. The fourth-order valence-electron chi connectivity index (χ4n) is 0.596. The van der Waals surface area contributed by atoms with Crippen molar-refractivity contribution in [3.63, 3.8) is 0 Å². The van der Waals surface area contributed by atoms with Crippen LogP contribution in [-0.2, 0) is 4.79 Å². The van der Waals surface area contributed by atoms with Gasteiger partial charge in [-0.25, -0.2) is 0 Å². The first-order valence-corrected chi connectivity index (χ1v) is 4.73. The van der Waals surface area contributed by atoms with Crippen molar-refractivity contribution in [3.8, 4) is 0 Å². The van der Waals surface area contributed by atoms with Crippen LogP contribution in [0, 0.1) is 0 Å². The minimum atomic E-state index is 0.0979. The largest absolute Gasteiger partial charge is 0.326 e. The zero-order valence-electron chi connectivity index (χ0n) is 7.55. The zero-order valence-corrected chi connectivity index (χ0v) is 8.36. The summed E-state index contributed by atoms with van der Waals surface area (Å²) >= 11 is 1.38. The molecule has 0 saturated heterocycles. The Kier molecular flexibility index (Phi) is 5.36. The summed E-state index contributed by atoms with van der Waals surface area (Å²) in [7, 11) is 0. The van der Waals surface area contributed by atoms with Crippen molar-refractivity contribution in [1.82, 2.24) is 0 Å². The number of hydrogen-bond acceptors (Lipinski definition) is 3. The number of hydrogen-bond donors (Lipinski definition) is 2. The Morgan fingerprint density at radius 3 is 2.58 bits per heavy atom. The number of nitrogens with zero attached hydrogens (tertiary/aromatic N) is 1. The van der Waals surface area contributed by atoms with Gasteiger partial charge < -0.3 is 0 Å². The number of amidine groups is 1. The summed E-state index contributed by atoms with van der Waals surface area (Å²) in [6.45, 7) is 3.31. The lowest BCUT2D eigenvalue weighted by Gasteiger charge is -1.90. The number of nitrogens with one attached hydrogen (secondary N) is 1. The number of hydrazone groups is 1. The predicted molar refractivity (Wildman–Crippen MR) is 52.1 cm³/mol. The van der Waals surface area contributed by atoms with Crippen molar-refractivity contribution < 1.29 is 9.90 Å². The summed E-state index contributed by atoms with van der Waals surface area (Å²) in [5.74, 6) is 0.0979. The van der Waals surface area contributed by atoms with Crippen LogP contribution < -0.4 is 10.8 Å². The molecule has 0 saturated carbocycles. The Bertz CT molecular complexity index is 223. The monoisotopic (exact) mass is 188 g/mol. The van der Waals surface area contributed by atoms with Crippen LogP contribution in [0.25, 0.3) is 0 Å². The first-order chi connectivity index (χ1) is 5.56. The van der Waals surface area contributed by atoms with E-state index < -0.39 is 0 Å². The molecule has 0 bridgehead atoms. The van der Waals surface area contributed by atoms with Crippen molar-refractivity contribution >= 4 is 28.4 Å². The van der Waals surface area contributed by atoms with Crippen LogP contribution in [0.3, 0.4) is 0 Å². The molecule has 0 aromatic heterocycles. The van der Waals surface area contributed by atoms with Gasteiger partial charge in [0.25, 0.3) is 0 Å². The lowest BCUT2D eigenvalue weighted by atomic mass is 10.2. The molecule has 3 N–H and O–H groups in total. The van der Waals surface area contributed by atoms with E-state index in [1.54, 1.807) is 6.92 Å². The average molecular weight is 188 g/mol. The van der Waals surface area contributed by atoms with Crippen LogP contribution in [0.4, 0.5) is 0 Å². The molecule has 0 rings (SSSR count). The third-order valence-electron chi connectivity index (χ3n) is 1.08. The second-order valence-corrected chi connectivity index (χ2v) is 3.25. The van der Waals surface area contributed by atoms with Crippen LogP contribution in [0.2, 0.25) is 0 Å². The Hall–Kier alpha value is -0.840. The lowest BCUT2D eigenvalue weighted by molar-refractivity contribution is -0.460. The van der Waals surface area contributed by atoms with Crippen molar-refractivity contribution in [2.45, 2.75) is 20.3 Å². The highest BCUT2D eigenvalue weighted by molar-refractivity contribution is 8.12. The lowest BCUT2D eigenvalue weighted by Crippen LogP contribution is -2.68. The standard InChI is InChI=1S/C7H13N3OS/c1-5(4-6(2)11)9-10-7(8)12-3/h4H2,1-3H3,(H2,8,10)/p+1. The van der Waals surface area contributed by atoms with Gasteiger partial charge in [0.2, 0.25) is 0 Å². The Labute approximate surface area is 76.3 Å². The maximum absolute atomic E-state index is 10.6. The minimum Gasteiger partial charge on any atom is -0.300 e.